The summed E-state index contributed by atoms with van der Waals surface area (Å²) in [6.45, 7) is 2.23. The van der Waals surface area contributed by atoms with Crippen LogP contribution in [0.4, 0.5) is 0 Å². The molecule has 2 unspecified atom stereocenters. The van der Waals surface area contributed by atoms with Gasteiger partial charge in [0.15, 0.2) is 0 Å². The van der Waals surface area contributed by atoms with Gasteiger partial charge in [-0.1, -0.05) is 6.92 Å². The van der Waals surface area contributed by atoms with Crippen LogP contribution in [0.2, 0.25) is 0 Å². The van der Waals surface area contributed by atoms with Gasteiger partial charge in [0.2, 0.25) is 5.91 Å². The van der Waals surface area contributed by atoms with Gasteiger partial charge >= 0.3 is 0 Å². The lowest BCUT2D eigenvalue weighted by molar-refractivity contribution is -0.125. The molecule has 1 heterocycles. The maximum Gasteiger partial charge on any atom is 0.224 e. The van der Waals surface area contributed by atoms with Crippen molar-refractivity contribution in [2.75, 3.05) is 6.54 Å². The molecule has 0 saturated heterocycles. The molecule has 3 N–H and O–H groups in total. The van der Waals surface area contributed by atoms with E-state index < -0.39 is 0 Å². The minimum atomic E-state index is -0.128. The SMILES string of the molecule is CC(CN)C(=O)NC1CCCc2occc21. The van der Waals surface area contributed by atoms with E-state index in [1.165, 1.54) is 0 Å². The number of carbonyl (C=O) groups is 1. The van der Waals surface area contributed by atoms with Crippen molar-refractivity contribution in [1.82, 2.24) is 5.32 Å². The molecule has 2 atom stereocenters. The fourth-order valence-corrected chi connectivity index (χ4v) is 2.06. The molecule has 0 fully saturated rings. The third-order valence-corrected chi connectivity index (χ3v) is 3.17. The lowest BCUT2D eigenvalue weighted by Gasteiger charge is -2.24. The van der Waals surface area contributed by atoms with E-state index in [-0.39, 0.29) is 17.9 Å². The van der Waals surface area contributed by atoms with E-state index in [0.29, 0.717) is 6.54 Å². The molecule has 0 aliphatic heterocycles. The van der Waals surface area contributed by atoms with Gasteiger partial charge in [0.05, 0.1) is 12.3 Å². The van der Waals surface area contributed by atoms with Gasteiger partial charge in [-0.2, -0.15) is 0 Å². The fraction of sp³-hybridized carbons (Fsp3) is 0.583. The van der Waals surface area contributed by atoms with Crippen LogP contribution in [0.3, 0.4) is 0 Å². The Morgan fingerprint density at radius 3 is 3.31 bits per heavy atom. The monoisotopic (exact) mass is 222 g/mol. The highest BCUT2D eigenvalue weighted by molar-refractivity contribution is 5.79. The minimum absolute atomic E-state index is 0.0292. The third kappa shape index (κ3) is 2.11. The molecule has 0 aromatic carbocycles. The number of rotatable bonds is 3. The Morgan fingerprint density at radius 2 is 2.56 bits per heavy atom. The van der Waals surface area contributed by atoms with Crippen LogP contribution >= 0.6 is 0 Å². The number of fused-ring (bicyclic) bond motifs is 1. The van der Waals surface area contributed by atoms with Crippen LogP contribution in [-0.2, 0) is 11.2 Å². The first kappa shape index (κ1) is 11.2. The first-order valence-electron chi connectivity index (χ1n) is 5.79. The maximum atomic E-state index is 11.8. The molecule has 4 nitrogen and oxygen atoms in total. The molecule has 1 aliphatic carbocycles. The molecule has 0 spiro atoms. The zero-order chi connectivity index (χ0) is 11.5. The van der Waals surface area contributed by atoms with Crippen molar-refractivity contribution in [3.8, 4) is 0 Å². The minimum Gasteiger partial charge on any atom is -0.469 e. The first-order valence-corrected chi connectivity index (χ1v) is 5.79. The second kappa shape index (κ2) is 4.70. The lowest BCUT2D eigenvalue weighted by atomic mass is 9.93. The van der Waals surface area contributed by atoms with Crippen molar-refractivity contribution in [3.63, 3.8) is 0 Å². The number of nitrogens with one attached hydrogen (secondary N) is 1. The van der Waals surface area contributed by atoms with Crippen molar-refractivity contribution in [1.29, 1.82) is 0 Å². The van der Waals surface area contributed by atoms with Crippen LogP contribution in [0.1, 0.15) is 37.1 Å². The molecule has 16 heavy (non-hydrogen) atoms. The molecule has 1 aromatic rings. The average Bonchev–Trinajstić information content (AvgIpc) is 2.77. The van der Waals surface area contributed by atoms with Gasteiger partial charge in [0.25, 0.3) is 0 Å². The van der Waals surface area contributed by atoms with E-state index in [2.05, 4.69) is 5.32 Å². The van der Waals surface area contributed by atoms with Crippen LogP contribution in [0.15, 0.2) is 16.7 Å². The van der Waals surface area contributed by atoms with Crippen molar-refractivity contribution in [3.05, 3.63) is 23.7 Å². The third-order valence-electron chi connectivity index (χ3n) is 3.17. The molecule has 88 valence electrons. The number of hydrogen-bond acceptors (Lipinski definition) is 3. The summed E-state index contributed by atoms with van der Waals surface area (Å²) in [5.41, 5.74) is 6.60. The fourth-order valence-electron chi connectivity index (χ4n) is 2.06. The Kier molecular flexibility index (Phi) is 3.29. The van der Waals surface area contributed by atoms with E-state index in [9.17, 15) is 4.79 Å². The van der Waals surface area contributed by atoms with Crippen LogP contribution in [0, 0.1) is 5.92 Å². The highest BCUT2D eigenvalue weighted by Crippen LogP contribution is 2.30. The molecule has 1 aromatic heterocycles. The number of amides is 1. The Bertz CT molecular complexity index is 373. The predicted octanol–water partition coefficient (Wildman–Crippen LogP) is 1.37. The molecule has 0 radical (unpaired) electrons. The number of hydrogen-bond donors (Lipinski definition) is 2. The highest BCUT2D eigenvalue weighted by atomic mass is 16.3. The van der Waals surface area contributed by atoms with Crippen LogP contribution < -0.4 is 11.1 Å². The van der Waals surface area contributed by atoms with Gasteiger partial charge in [-0.05, 0) is 18.9 Å². The second-order valence-electron chi connectivity index (χ2n) is 4.39. The molecular formula is C12H18N2O2. The molecule has 0 saturated carbocycles. The Morgan fingerprint density at radius 1 is 1.75 bits per heavy atom. The van der Waals surface area contributed by atoms with Crippen molar-refractivity contribution >= 4 is 5.91 Å². The maximum absolute atomic E-state index is 11.8. The second-order valence-corrected chi connectivity index (χ2v) is 4.39. The normalized spacial score (nSPS) is 21.2. The summed E-state index contributed by atoms with van der Waals surface area (Å²) >= 11 is 0. The summed E-state index contributed by atoms with van der Waals surface area (Å²) in [6, 6.07) is 2.05. The van der Waals surface area contributed by atoms with E-state index in [1.807, 2.05) is 13.0 Å². The van der Waals surface area contributed by atoms with Crippen molar-refractivity contribution < 1.29 is 9.21 Å². The van der Waals surface area contributed by atoms with Gasteiger partial charge in [0.1, 0.15) is 5.76 Å². The largest absolute Gasteiger partial charge is 0.469 e. The zero-order valence-electron chi connectivity index (χ0n) is 9.53. The Balaban J connectivity index is 2.05. The van der Waals surface area contributed by atoms with E-state index >= 15 is 0 Å². The van der Waals surface area contributed by atoms with E-state index in [1.54, 1.807) is 6.26 Å². The standard InChI is InChI=1S/C12H18N2O2/c1-8(7-13)12(15)14-10-3-2-4-11-9(10)5-6-16-11/h5-6,8,10H,2-4,7,13H2,1H3,(H,14,15). The average molecular weight is 222 g/mol. The smallest absolute Gasteiger partial charge is 0.224 e. The van der Waals surface area contributed by atoms with Crippen LogP contribution in [0.5, 0.6) is 0 Å². The molecule has 1 amide bonds. The summed E-state index contributed by atoms with van der Waals surface area (Å²) in [5, 5.41) is 3.03. The van der Waals surface area contributed by atoms with Crippen LogP contribution in [0.25, 0.3) is 0 Å². The number of furan rings is 1. The van der Waals surface area contributed by atoms with Crippen molar-refractivity contribution in [2.45, 2.75) is 32.2 Å². The number of carbonyl (C=O) groups excluding carboxylic acids is 1. The lowest BCUT2D eigenvalue weighted by Crippen LogP contribution is -2.36. The zero-order valence-corrected chi connectivity index (χ0v) is 9.53. The molecular weight excluding hydrogens is 204 g/mol. The summed E-state index contributed by atoms with van der Waals surface area (Å²) in [4.78, 5) is 11.8. The topological polar surface area (TPSA) is 68.3 Å². The van der Waals surface area contributed by atoms with Gasteiger partial charge in [0, 0.05) is 24.4 Å². The first-order chi connectivity index (χ1) is 7.72. The Hall–Kier alpha value is -1.29. The molecule has 2 rings (SSSR count). The van der Waals surface area contributed by atoms with Crippen LogP contribution in [-0.4, -0.2) is 12.5 Å². The summed E-state index contributed by atoms with van der Waals surface area (Å²) in [6.07, 6.45) is 4.71. The number of aryl methyl sites for hydroxylation is 1. The summed E-state index contributed by atoms with van der Waals surface area (Å²) in [5.74, 6) is 0.913. The van der Waals surface area contributed by atoms with Gasteiger partial charge in [-0.15, -0.1) is 0 Å². The summed E-state index contributed by atoms with van der Waals surface area (Å²) in [7, 11) is 0. The quantitative estimate of drug-likeness (QED) is 0.811. The predicted molar refractivity (Wildman–Crippen MR) is 60.7 cm³/mol. The van der Waals surface area contributed by atoms with Gasteiger partial charge in [-0.3, -0.25) is 4.79 Å². The van der Waals surface area contributed by atoms with Crippen molar-refractivity contribution in [2.24, 2.45) is 11.7 Å². The molecule has 0 bridgehead atoms. The van der Waals surface area contributed by atoms with E-state index in [4.69, 9.17) is 10.2 Å². The van der Waals surface area contributed by atoms with Gasteiger partial charge in [-0.25, -0.2) is 0 Å². The highest BCUT2D eigenvalue weighted by Gasteiger charge is 2.25. The number of nitrogens with two attached hydrogens (primary N) is 1. The van der Waals surface area contributed by atoms with Gasteiger partial charge < -0.3 is 15.5 Å². The summed E-state index contributed by atoms with van der Waals surface area (Å²) < 4.78 is 5.38. The van der Waals surface area contributed by atoms with E-state index in [0.717, 1.165) is 30.6 Å². The molecule has 4 heteroatoms. The molecule has 1 aliphatic rings. The Labute approximate surface area is 95.2 Å².